The molecule has 4 atom stereocenters. The molecule has 0 bridgehead atoms. The zero-order valence-electron chi connectivity index (χ0n) is 12.4. The first-order chi connectivity index (χ1) is 9.61. The van der Waals surface area contributed by atoms with E-state index in [2.05, 4.69) is 89.8 Å². The quantitative estimate of drug-likeness (QED) is 0.809. The second kappa shape index (κ2) is 8.11. The van der Waals surface area contributed by atoms with Crippen molar-refractivity contribution in [2.24, 2.45) is 0 Å². The largest absolute Gasteiger partial charge is 0.313 e. The highest BCUT2D eigenvalue weighted by Crippen LogP contribution is 2.38. The van der Waals surface area contributed by atoms with E-state index in [1.165, 1.54) is 15.8 Å². The summed E-state index contributed by atoms with van der Waals surface area (Å²) in [5.41, 5.74) is 1.41. The maximum absolute atomic E-state index is 3.71. The maximum Gasteiger partial charge on any atom is 0.0298 e. The molecule has 1 heterocycles. The van der Waals surface area contributed by atoms with Gasteiger partial charge in [0, 0.05) is 32.0 Å². The molecule has 1 nitrogen and oxygen atoms in total. The third-order valence-electron chi connectivity index (χ3n) is 3.89. The predicted molar refractivity (Wildman–Crippen MR) is 98.1 cm³/mol. The number of halogens is 1. The summed E-state index contributed by atoms with van der Waals surface area (Å²) in [5, 5.41) is 5.94. The van der Waals surface area contributed by atoms with E-state index in [4.69, 9.17) is 0 Å². The highest BCUT2D eigenvalue weighted by Gasteiger charge is 2.31. The normalized spacial score (nSPS) is 28.3. The first kappa shape index (κ1) is 16.7. The second-order valence-corrected chi connectivity index (χ2v) is 9.26. The van der Waals surface area contributed by atoms with Crippen LogP contribution in [-0.2, 0) is 6.42 Å². The molecule has 112 valence electrons. The molecule has 1 N–H and O–H groups in total. The van der Waals surface area contributed by atoms with E-state index < -0.39 is 0 Å². The minimum absolute atomic E-state index is 0.561. The van der Waals surface area contributed by atoms with Gasteiger partial charge in [0.2, 0.25) is 0 Å². The van der Waals surface area contributed by atoms with Gasteiger partial charge in [0.1, 0.15) is 0 Å². The molecule has 4 heteroatoms. The van der Waals surface area contributed by atoms with E-state index in [9.17, 15) is 0 Å². The molecule has 0 spiro atoms. The van der Waals surface area contributed by atoms with Gasteiger partial charge in [0.25, 0.3) is 0 Å². The molecule has 0 radical (unpaired) electrons. The number of benzene rings is 1. The molecule has 2 rings (SSSR count). The summed E-state index contributed by atoms with van der Waals surface area (Å²) < 4.78 is 1.23. The Morgan fingerprint density at radius 2 is 2.05 bits per heavy atom. The van der Waals surface area contributed by atoms with E-state index in [-0.39, 0.29) is 0 Å². The summed E-state index contributed by atoms with van der Waals surface area (Å²) in [4.78, 5) is 0. The lowest BCUT2D eigenvalue weighted by Crippen LogP contribution is -2.44. The molecule has 1 aromatic rings. The van der Waals surface area contributed by atoms with Gasteiger partial charge in [0.15, 0.2) is 0 Å². The second-order valence-electron chi connectivity index (χ2n) is 5.38. The van der Waals surface area contributed by atoms with Crippen molar-refractivity contribution in [3.8, 4) is 0 Å². The molecular weight excluding hydrogens is 350 g/mol. The van der Waals surface area contributed by atoms with Crippen molar-refractivity contribution in [3.05, 3.63) is 34.3 Å². The number of hydrogen-bond acceptors (Lipinski definition) is 3. The van der Waals surface area contributed by atoms with E-state index in [0.717, 1.165) is 23.5 Å². The van der Waals surface area contributed by atoms with Gasteiger partial charge in [0.05, 0.1) is 0 Å². The van der Waals surface area contributed by atoms with Crippen LogP contribution < -0.4 is 5.32 Å². The number of thioether (sulfide) groups is 2. The van der Waals surface area contributed by atoms with Crippen LogP contribution in [-0.4, -0.2) is 34.1 Å². The summed E-state index contributed by atoms with van der Waals surface area (Å²) in [6.07, 6.45) is 1.11. The van der Waals surface area contributed by atoms with Crippen molar-refractivity contribution in [2.75, 3.05) is 12.3 Å². The van der Waals surface area contributed by atoms with Gasteiger partial charge >= 0.3 is 0 Å². The smallest absolute Gasteiger partial charge is 0.0298 e. The minimum atomic E-state index is 0.561. The number of rotatable bonds is 5. The number of hydrogen-bond donors (Lipinski definition) is 1. The van der Waals surface area contributed by atoms with E-state index >= 15 is 0 Å². The molecule has 1 saturated heterocycles. The number of nitrogens with one attached hydrogen (secondary N) is 1. The van der Waals surface area contributed by atoms with Crippen LogP contribution in [0.15, 0.2) is 28.7 Å². The van der Waals surface area contributed by atoms with Crippen LogP contribution in [0.2, 0.25) is 0 Å². The Kier molecular flexibility index (Phi) is 6.79. The van der Waals surface area contributed by atoms with Gasteiger partial charge in [-0.05, 0) is 24.6 Å². The molecule has 0 aromatic heterocycles. The van der Waals surface area contributed by atoms with Crippen molar-refractivity contribution in [1.29, 1.82) is 0 Å². The fourth-order valence-electron chi connectivity index (χ4n) is 2.52. The van der Waals surface area contributed by atoms with Gasteiger partial charge in [-0.3, -0.25) is 0 Å². The standard InChI is InChI=1S/C16H24BrNS2/c1-4-18-15(9-13-7-5-6-8-14(13)17)16-10-19-11(2)12(3)20-16/h5-8,11-12,15-16,18H,4,9-10H2,1-3H3. The fraction of sp³-hybridized carbons (Fsp3) is 0.625. The Labute approximate surface area is 140 Å². The Morgan fingerprint density at radius 1 is 1.30 bits per heavy atom. The van der Waals surface area contributed by atoms with Crippen LogP contribution in [0.25, 0.3) is 0 Å². The lowest BCUT2D eigenvalue weighted by atomic mass is 10.0. The third-order valence-corrected chi connectivity index (χ3v) is 8.21. The van der Waals surface area contributed by atoms with E-state index in [1.807, 2.05) is 0 Å². The molecule has 0 amide bonds. The SMILES string of the molecule is CCNC(Cc1ccccc1Br)C1CSC(C)C(C)S1. The number of likely N-dealkylation sites (N-methyl/N-ethyl adjacent to an activating group) is 1. The van der Waals surface area contributed by atoms with Crippen molar-refractivity contribution in [2.45, 2.75) is 49.0 Å². The van der Waals surface area contributed by atoms with Crippen LogP contribution >= 0.6 is 39.5 Å². The van der Waals surface area contributed by atoms with Gasteiger partial charge in [-0.1, -0.05) is 54.9 Å². The predicted octanol–water partition coefficient (Wildman–Crippen LogP) is 4.60. The van der Waals surface area contributed by atoms with Gasteiger partial charge in [-0.2, -0.15) is 23.5 Å². The molecule has 4 unspecified atom stereocenters. The molecule has 0 aliphatic carbocycles. The Morgan fingerprint density at radius 3 is 2.70 bits per heavy atom. The van der Waals surface area contributed by atoms with Crippen molar-refractivity contribution < 1.29 is 0 Å². The summed E-state index contributed by atoms with van der Waals surface area (Å²) in [6, 6.07) is 9.17. The van der Waals surface area contributed by atoms with Gasteiger partial charge in [-0.25, -0.2) is 0 Å². The molecule has 1 aliphatic heterocycles. The highest BCUT2D eigenvalue weighted by atomic mass is 79.9. The summed E-state index contributed by atoms with van der Waals surface area (Å²) in [5.74, 6) is 1.26. The maximum atomic E-state index is 3.71. The lowest BCUT2D eigenvalue weighted by Gasteiger charge is -2.36. The van der Waals surface area contributed by atoms with Crippen LogP contribution in [0, 0.1) is 0 Å². The first-order valence-corrected chi connectivity index (χ1v) is 10.1. The molecule has 20 heavy (non-hydrogen) atoms. The van der Waals surface area contributed by atoms with Crippen molar-refractivity contribution >= 4 is 39.5 Å². The molecular formula is C16H24BrNS2. The molecule has 1 fully saturated rings. The van der Waals surface area contributed by atoms with Crippen molar-refractivity contribution in [1.82, 2.24) is 5.32 Å². The Hall–Kier alpha value is 0.360. The van der Waals surface area contributed by atoms with E-state index in [1.54, 1.807) is 0 Å². The van der Waals surface area contributed by atoms with Crippen LogP contribution in [0.3, 0.4) is 0 Å². The van der Waals surface area contributed by atoms with Crippen molar-refractivity contribution in [3.63, 3.8) is 0 Å². The first-order valence-electron chi connectivity index (χ1n) is 7.35. The third kappa shape index (κ3) is 4.43. The average Bonchev–Trinajstić information content (AvgIpc) is 2.44. The zero-order valence-corrected chi connectivity index (χ0v) is 15.7. The fourth-order valence-corrected chi connectivity index (χ4v) is 6.09. The molecule has 0 saturated carbocycles. The molecule has 1 aliphatic rings. The summed E-state index contributed by atoms with van der Waals surface area (Å²) >= 11 is 7.98. The Bertz CT molecular complexity index is 427. The minimum Gasteiger partial charge on any atom is -0.313 e. The van der Waals surface area contributed by atoms with Crippen LogP contribution in [0.1, 0.15) is 26.3 Å². The van der Waals surface area contributed by atoms with Gasteiger partial charge < -0.3 is 5.32 Å². The monoisotopic (exact) mass is 373 g/mol. The van der Waals surface area contributed by atoms with Crippen LogP contribution in [0.5, 0.6) is 0 Å². The van der Waals surface area contributed by atoms with E-state index in [0.29, 0.717) is 11.3 Å². The zero-order chi connectivity index (χ0) is 14.5. The average molecular weight is 374 g/mol. The molecule has 1 aromatic carbocycles. The summed E-state index contributed by atoms with van der Waals surface area (Å²) in [7, 11) is 0. The topological polar surface area (TPSA) is 12.0 Å². The van der Waals surface area contributed by atoms with Gasteiger partial charge in [-0.15, -0.1) is 0 Å². The lowest BCUT2D eigenvalue weighted by molar-refractivity contribution is 0.519. The summed E-state index contributed by atoms with van der Waals surface area (Å²) in [6.45, 7) is 7.98. The Balaban J connectivity index is 2.05. The van der Waals surface area contributed by atoms with Crippen LogP contribution in [0.4, 0.5) is 0 Å². The highest BCUT2D eigenvalue weighted by molar-refractivity contribution is 9.10.